The zero-order chi connectivity index (χ0) is 37.0. The molecule has 0 spiro atoms. The minimum atomic E-state index is 0.640. The second kappa shape index (κ2) is 13.3. The molecule has 11 rings (SSSR count). The Kier molecular flexibility index (Phi) is 7.64. The molecule has 11 aromatic rings. The number of fused-ring (bicyclic) bond motifs is 6. The molecule has 0 aliphatic carbocycles. The van der Waals surface area contributed by atoms with E-state index in [9.17, 15) is 0 Å². The smallest absolute Gasteiger partial charge is 0.164 e. The fraction of sp³-hybridized carbons (Fsp3) is 0. The molecule has 0 bridgehead atoms. The van der Waals surface area contributed by atoms with E-state index in [0.717, 1.165) is 33.5 Å². The molecule has 56 heavy (non-hydrogen) atoms. The lowest BCUT2D eigenvalue weighted by atomic mass is 9.99. The van der Waals surface area contributed by atoms with Crippen LogP contribution in [0.25, 0.3) is 104 Å². The number of para-hydroxylation sites is 1. The first-order valence-corrected chi connectivity index (χ1v) is 19.6. The van der Waals surface area contributed by atoms with Gasteiger partial charge in [0, 0.05) is 53.3 Å². The van der Waals surface area contributed by atoms with Gasteiger partial charge in [-0.15, -0.1) is 11.3 Å². The molecule has 0 saturated heterocycles. The summed E-state index contributed by atoms with van der Waals surface area (Å²) < 4.78 is 4.86. The van der Waals surface area contributed by atoms with Crippen molar-refractivity contribution in [1.29, 1.82) is 0 Å². The number of nitrogens with zero attached hydrogens (tertiary/aromatic N) is 4. The Morgan fingerprint density at radius 3 is 1.48 bits per heavy atom. The van der Waals surface area contributed by atoms with Gasteiger partial charge in [0.15, 0.2) is 17.5 Å². The number of hydrogen-bond acceptors (Lipinski definition) is 4. The number of rotatable bonds is 6. The quantitative estimate of drug-likeness (QED) is 0.171. The molecule has 8 aromatic carbocycles. The van der Waals surface area contributed by atoms with E-state index in [4.69, 9.17) is 15.0 Å². The average molecular weight is 733 g/mol. The van der Waals surface area contributed by atoms with Crippen LogP contribution in [0.4, 0.5) is 0 Å². The van der Waals surface area contributed by atoms with Crippen molar-refractivity contribution in [3.63, 3.8) is 0 Å². The summed E-state index contributed by atoms with van der Waals surface area (Å²) in [4.78, 5) is 15.3. The lowest BCUT2D eigenvalue weighted by molar-refractivity contribution is 1.07. The Labute approximate surface area is 327 Å². The van der Waals surface area contributed by atoms with Crippen LogP contribution in [0.15, 0.2) is 194 Å². The summed E-state index contributed by atoms with van der Waals surface area (Å²) in [5.41, 5.74) is 11.0. The standard InChI is InChI=1S/C51H32N4S/c1-4-13-33(14-5-1)36-24-27-45-43(30-36)44-31-37(25-28-46(44)55(45)40-19-8-3-9-20-40)35-17-12-18-38(29-35)50-52-49(34-15-6-2-7-16-34)53-51(54-50)39-23-26-42-41-21-10-11-22-47(41)56-48(42)32-39/h1-32H. The van der Waals surface area contributed by atoms with Crippen LogP contribution in [0.5, 0.6) is 0 Å². The fourth-order valence-electron chi connectivity index (χ4n) is 7.92. The van der Waals surface area contributed by atoms with Gasteiger partial charge in [0.25, 0.3) is 0 Å². The third-order valence-corrected chi connectivity index (χ3v) is 11.8. The molecular formula is C51H32N4S. The van der Waals surface area contributed by atoms with E-state index in [0.29, 0.717) is 17.5 Å². The molecule has 0 fully saturated rings. The first-order valence-electron chi connectivity index (χ1n) is 18.8. The first kappa shape index (κ1) is 32.2. The summed E-state index contributed by atoms with van der Waals surface area (Å²) in [6.07, 6.45) is 0. The van der Waals surface area contributed by atoms with Gasteiger partial charge in [0.2, 0.25) is 0 Å². The van der Waals surface area contributed by atoms with Crippen molar-refractivity contribution in [2.24, 2.45) is 0 Å². The lowest BCUT2D eigenvalue weighted by Crippen LogP contribution is -2.00. The van der Waals surface area contributed by atoms with Gasteiger partial charge < -0.3 is 4.57 Å². The predicted octanol–water partition coefficient (Wildman–Crippen LogP) is 13.7. The van der Waals surface area contributed by atoms with Gasteiger partial charge in [0.05, 0.1) is 11.0 Å². The first-order chi connectivity index (χ1) is 27.7. The Hall–Kier alpha value is -7.21. The van der Waals surface area contributed by atoms with Crippen LogP contribution in [0.3, 0.4) is 0 Å². The van der Waals surface area contributed by atoms with Crippen LogP contribution in [-0.4, -0.2) is 19.5 Å². The molecule has 3 heterocycles. The number of thiophene rings is 1. The molecule has 0 saturated carbocycles. The zero-order valence-electron chi connectivity index (χ0n) is 30.2. The SMILES string of the molecule is c1ccc(-c2ccc3c(c2)c2cc(-c4cccc(-c5nc(-c6ccccc6)nc(-c6ccc7c(c6)sc6ccccc67)n5)c4)ccc2n3-c2ccccc2)cc1. The molecule has 3 aromatic heterocycles. The number of benzene rings is 8. The van der Waals surface area contributed by atoms with Gasteiger partial charge in [0.1, 0.15) is 0 Å². The second-order valence-corrected chi connectivity index (χ2v) is 15.1. The van der Waals surface area contributed by atoms with Crippen LogP contribution < -0.4 is 0 Å². The largest absolute Gasteiger partial charge is 0.309 e. The lowest BCUT2D eigenvalue weighted by Gasteiger charge is -2.10. The summed E-state index contributed by atoms with van der Waals surface area (Å²) in [6.45, 7) is 0. The van der Waals surface area contributed by atoms with Gasteiger partial charge >= 0.3 is 0 Å². The van der Waals surface area contributed by atoms with Crippen LogP contribution in [-0.2, 0) is 0 Å². The molecule has 5 heteroatoms. The maximum absolute atomic E-state index is 5.14. The van der Waals surface area contributed by atoms with Gasteiger partial charge in [-0.05, 0) is 76.9 Å². The summed E-state index contributed by atoms with van der Waals surface area (Å²) >= 11 is 1.80. The molecule has 0 radical (unpaired) electrons. The van der Waals surface area contributed by atoms with Gasteiger partial charge in [-0.25, -0.2) is 15.0 Å². The highest BCUT2D eigenvalue weighted by Gasteiger charge is 2.17. The second-order valence-electron chi connectivity index (χ2n) is 14.1. The molecule has 4 nitrogen and oxygen atoms in total. The topological polar surface area (TPSA) is 43.6 Å². The third kappa shape index (κ3) is 5.56. The molecule has 0 atom stereocenters. The van der Waals surface area contributed by atoms with Crippen LogP contribution in [0.1, 0.15) is 0 Å². The predicted molar refractivity (Wildman–Crippen MR) is 234 cm³/mol. The van der Waals surface area contributed by atoms with E-state index < -0.39 is 0 Å². The Morgan fingerprint density at radius 2 is 0.786 bits per heavy atom. The number of hydrogen-bond donors (Lipinski definition) is 0. The third-order valence-electron chi connectivity index (χ3n) is 10.6. The molecule has 0 aliphatic heterocycles. The van der Waals surface area contributed by atoms with E-state index in [1.54, 1.807) is 11.3 Å². The van der Waals surface area contributed by atoms with Crippen molar-refractivity contribution in [1.82, 2.24) is 19.5 Å². The molecule has 0 N–H and O–H groups in total. The van der Waals surface area contributed by atoms with Crippen LogP contribution in [0, 0.1) is 0 Å². The van der Waals surface area contributed by atoms with E-state index in [1.807, 2.05) is 18.2 Å². The summed E-state index contributed by atoms with van der Waals surface area (Å²) in [5, 5.41) is 4.94. The van der Waals surface area contributed by atoms with E-state index in [1.165, 1.54) is 53.1 Å². The van der Waals surface area contributed by atoms with Gasteiger partial charge in [-0.1, -0.05) is 140 Å². The van der Waals surface area contributed by atoms with Crippen LogP contribution in [0.2, 0.25) is 0 Å². The maximum atomic E-state index is 5.14. The van der Waals surface area contributed by atoms with Crippen LogP contribution >= 0.6 is 11.3 Å². The Bertz CT molecular complexity index is 3240. The van der Waals surface area contributed by atoms with Crippen molar-refractivity contribution < 1.29 is 0 Å². The molecule has 0 aliphatic rings. The summed E-state index contributed by atoms with van der Waals surface area (Å²) in [5.74, 6) is 1.95. The van der Waals surface area contributed by atoms with Gasteiger partial charge in [-0.2, -0.15) is 0 Å². The molecule has 0 unspecified atom stereocenters. The normalized spacial score (nSPS) is 11.6. The molecule has 262 valence electrons. The highest BCUT2D eigenvalue weighted by molar-refractivity contribution is 7.25. The van der Waals surface area contributed by atoms with Crippen molar-refractivity contribution in [3.05, 3.63) is 194 Å². The Balaban J connectivity index is 1.05. The van der Waals surface area contributed by atoms with E-state index in [-0.39, 0.29) is 0 Å². The minimum absolute atomic E-state index is 0.640. The van der Waals surface area contributed by atoms with E-state index >= 15 is 0 Å². The highest BCUT2D eigenvalue weighted by Crippen LogP contribution is 2.39. The fourth-order valence-corrected chi connectivity index (χ4v) is 9.07. The summed E-state index contributed by atoms with van der Waals surface area (Å²) in [7, 11) is 0. The van der Waals surface area contributed by atoms with Crippen molar-refractivity contribution in [3.8, 4) is 62.1 Å². The van der Waals surface area contributed by atoms with E-state index in [2.05, 4.69) is 180 Å². The van der Waals surface area contributed by atoms with Crippen molar-refractivity contribution in [2.75, 3.05) is 0 Å². The van der Waals surface area contributed by atoms with Gasteiger partial charge in [-0.3, -0.25) is 0 Å². The highest BCUT2D eigenvalue weighted by atomic mass is 32.1. The van der Waals surface area contributed by atoms with Crippen molar-refractivity contribution >= 4 is 53.3 Å². The Morgan fingerprint density at radius 1 is 0.304 bits per heavy atom. The minimum Gasteiger partial charge on any atom is -0.309 e. The zero-order valence-corrected chi connectivity index (χ0v) is 31.0. The number of aromatic nitrogens is 4. The monoisotopic (exact) mass is 732 g/mol. The maximum Gasteiger partial charge on any atom is 0.164 e. The van der Waals surface area contributed by atoms with Crippen molar-refractivity contribution in [2.45, 2.75) is 0 Å². The average Bonchev–Trinajstić information content (AvgIpc) is 3.82. The summed E-state index contributed by atoms with van der Waals surface area (Å²) in [6, 6.07) is 68.7. The molecule has 0 amide bonds. The molecular weight excluding hydrogens is 701 g/mol.